The Morgan fingerprint density at radius 2 is 2.30 bits per heavy atom. The highest BCUT2D eigenvalue weighted by molar-refractivity contribution is 5.78. The van der Waals surface area contributed by atoms with Crippen LogP contribution in [-0.2, 0) is 9.53 Å². The highest BCUT2D eigenvalue weighted by Crippen LogP contribution is 2.20. The first-order valence-electron chi connectivity index (χ1n) is 6.61. The van der Waals surface area contributed by atoms with Crippen molar-refractivity contribution in [1.82, 2.24) is 4.90 Å². The predicted octanol–water partition coefficient (Wildman–Crippen LogP) is 0.256. The number of morpholine rings is 1. The number of aliphatic hydroxyl groups is 1. The molecule has 1 aliphatic heterocycles. The Labute approximate surface area is 118 Å². The van der Waals surface area contributed by atoms with Crippen molar-refractivity contribution in [2.24, 2.45) is 0 Å². The normalized spacial score (nSPS) is 22.6. The summed E-state index contributed by atoms with van der Waals surface area (Å²) >= 11 is 0. The van der Waals surface area contributed by atoms with Gasteiger partial charge in [0, 0.05) is 6.54 Å². The smallest absolute Gasteiger partial charge is 0.260 e. The van der Waals surface area contributed by atoms with Gasteiger partial charge in [-0.1, -0.05) is 12.1 Å². The number of carbonyl (C=O) groups excluding carboxylic acids is 1. The molecule has 1 fully saturated rings. The van der Waals surface area contributed by atoms with Gasteiger partial charge in [0.05, 0.1) is 31.0 Å². The summed E-state index contributed by atoms with van der Waals surface area (Å²) in [6.07, 6.45) is -0.322. The predicted molar refractivity (Wildman–Crippen MR) is 74.4 cm³/mol. The van der Waals surface area contributed by atoms with Crippen LogP contribution in [0.3, 0.4) is 0 Å². The molecule has 1 saturated heterocycles. The van der Waals surface area contributed by atoms with E-state index in [1.54, 1.807) is 29.2 Å². The lowest BCUT2D eigenvalue weighted by atomic mass is 10.2. The van der Waals surface area contributed by atoms with Gasteiger partial charge in [-0.25, -0.2) is 0 Å². The van der Waals surface area contributed by atoms with Crippen molar-refractivity contribution in [1.29, 1.82) is 0 Å². The number of anilines is 1. The lowest BCUT2D eigenvalue weighted by molar-refractivity contribution is -0.148. The number of ether oxygens (including phenoxy) is 2. The minimum atomic E-state index is -0.322. The number of nitrogen functional groups attached to an aromatic ring is 1. The van der Waals surface area contributed by atoms with Crippen LogP contribution in [0.15, 0.2) is 24.3 Å². The molecule has 1 amide bonds. The topological polar surface area (TPSA) is 85.0 Å². The fourth-order valence-corrected chi connectivity index (χ4v) is 2.11. The highest BCUT2D eigenvalue weighted by atomic mass is 16.5. The molecule has 2 atom stereocenters. The summed E-state index contributed by atoms with van der Waals surface area (Å²) in [4.78, 5) is 13.8. The van der Waals surface area contributed by atoms with Gasteiger partial charge in [-0.2, -0.15) is 0 Å². The summed E-state index contributed by atoms with van der Waals surface area (Å²) in [5.74, 6) is 0.364. The van der Waals surface area contributed by atoms with Gasteiger partial charge in [0.2, 0.25) is 0 Å². The van der Waals surface area contributed by atoms with Gasteiger partial charge in [0.1, 0.15) is 5.75 Å². The fraction of sp³-hybridized carbons (Fsp3) is 0.500. The Bertz CT molecular complexity index is 466. The Balaban J connectivity index is 1.92. The van der Waals surface area contributed by atoms with Crippen molar-refractivity contribution >= 4 is 11.6 Å². The van der Waals surface area contributed by atoms with Gasteiger partial charge < -0.3 is 25.2 Å². The van der Waals surface area contributed by atoms with Crippen LogP contribution in [-0.4, -0.2) is 54.4 Å². The number of rotatable bonds is 4. The van der Waals surface area contributed by atoms with Crippen molar-refractivity contribution in [3.8, 4) is 5.75 Å². The number of para-hydroxylation sites is 2. The maximum Gasteiger partial charge on any atom is 0.260 e. The number of aliphatic hydroxyl groups excluding tert-OH is 1. The van der Waals surface area contributed by atoms with E-state index >= 15 is 0 Å². The number of amides is 1. The molecule has 6 heteroatoms. The molecule has 3 N–H and O–H groups in total. The van der Waals surface area contributed by atoms with Gasteiger partial charge in [-0.05, 0) is 19.1 Å². The standard InChI is InChI=1S/C14H20N2O4/c1-10-8-19-11(7-17)6-16(10)14(18)9-20-13-5-3-2-4-12(13)15/h2-5,10-11,17H,6-9,15H2,1H3. The van der Waals surface area contributed by atoms with Crippen LogP contribution in [0.1, 0.15) is 6.92 Å². The molecule has 1 aromatic rings. The second-order valence-electron chi connectivity index (χ2n) is 4.86. The summed E-state index contributed by atoms with van der Waals surface area (Å²) in [5.41, 5.74) is 6.26. The average Bonchev–Trinajstić information content (AvgIpc) is 2.46. The Kier molecular flexibility index (Phi) is 4.81. The molecule has 6 nitrogen and oxygen atoms in total. The van der Waals surface area contributed by atoms with E-state index < -0.39 is 0 Å². The van der Waals surface area contributed by atoms with Crippen molar-refractivity contribution in [3.05, 3.63) is 24.3 Å². The first-order chi connectivity index (χ1) is 9.61. The number of nitrogens with two attached hydrogens (primary N) is 1. The molecule has 0 bridgehead atoms. The SMILES string of the molecule is CC1COC(CO)CN1C(=O)COc1ccccc1N. The largest absolute Gasteiger partial charge is 0.482 e. The second-order valence-corrected chi connectivity index (χ2v) is 4.86. The molecule has 0 radical (unpaired) electrons. The van der Waals surface area contributed by atoms with Gasteiger partial charge in [-0.15, -0.1) is 0 Å². The van der Waals surface area contributed by atoms with Gasteiger partial charge in [-0.3, -0.25) is 4.79 Å². The van der Waals surface area contributed by atoms with Crippen LogP contribution in [0.2, 0.25) is 0 Å². The van der Waals surface area contributed by atoms with E-state index in [9.17, 15) is 4.79 Å². The average molecular weight is 280 g/mol. The van der Waals surface area contributed by atoms with E-state index in [4.69, 9.17) is 20.3 Å². The second kappa shape index (κ2) is 6.58. The van der Waals surface area contributed by atoms with Crippen molar-refractivity contribution < 1.29 is 19.4 Å². The Morgan fingerprint density at radius 1 is 1.55 bits per heavy atom. The Hall–Kier alpha value is -1.79. The molecule has 0 spiro atoms. The fourth-order valence-electron chi connectivity index (χ4n) is 2.11. The van der Waals surface area contributed by atoms with Crippen molar-refractivity contribution in [2.45, 2.75) is 19.1 Å². The monoisotopic (exact) mass is 280 g/mol. The molecule has 1 aliphatic rings. The summed E-state index contributed by atoms with van der Waals surface area (Å²) in [6.45, 7) is 2.54. The molecule has 2 unspecified atom stereocenters. The maximum atomic E-state index is 12.2. The van der Waals surface area contributed by atoms with Gasteiger partial charge in [0.15, 0.2) is 6.61 Å². The highest BCUT2D eigenvalue weighted by Gasteiger charge is 2.29. The lowest BCUT2D eigenvalue weighted by Gasteiger charge is -2.37. The number of nitrogens with zero attached hydrogens (tertiary/aromatic N) is 1. The van der Waals surface area contributed by atoms with Crippen LogP contribution < -0.4 is 10.5 Å². The molecular weight excluding hydrogens is 260 g/mol. The van der Waals surface area contributed by atoms with Gasteiger partial charge in [0.25, 0.3) is 5.91 Å². The minimum Gasteiger partial charge on any atom is -0.482 e. The summed E-state index contributed by atoms with van der Waals surface area (Å²) in [7, 11) is 0. The lowest BCUT2D eigenvalue weighted by Crippen LogP contribution is -2.53. The van der Waals surface area contributed by atoms with Crippen molar-refractivity contribution in [3.63, 3.8) is 0 Å². The van der Waals surface area contributed by atoms with E-state index in [1.165, 1.54) is 0 Å². The number of hydrogen-bond acceptors (Lipinski definition) is 5. The molecule has 20 heavy (non-hydrogen) atoms. The molecule has 0 aromatic heterocycles. The zero-order valence-corrected chi connectivity index (χ0v) is 11.5. The first kappa shape index (κ1) is 14.6. The van der Waals surface area contributed by atoms with Crippen molar-refractivity contribution in [2.75, 3.05) is 32.1 Å². The van der Waals surface area contributed by atoms with Gasteiger partial charge >= 0.3 is 0 Å². The van der Waals surface area contributed by atoms with Crippen LogP contribution in [0.4, 0.5) is 5.69 Å². The molecule has 1 aromatic carbocycles. The zero-order chi connectivity index (χ0) is 14.5. The molecule has 0 saturated carbocycles. The number of hydrogen-bond donors (Lipinski definition) is 2. The molecule has 0 aliphatic carbocycles. The minimum absolute atomic E-state index is 0.0259. The zero-order valence-electron chi connectivity index (χ0n) is 11.5. The third-order valence-corrected chi connectivity index (χ3v) is 3.30. The quantitative estimate of drug-likeness (QED) is 0.773. The summed E-state index contributed by atoms with van der Waals surface area (Å²) in [5, 5.41) is 9.11. The molecular formula is C14H20N2O4. The van der Waals surface area contributed by atoms with E-state index in [2.05, 4.69) is 0 Å². The molecule has 110 valence electrons. The van der Waals surface area contributed by atoms with Crippen LogP contribution in [0.5, 0.6) is 5.75 Å². The first-order valence-corrected chi connectivity index (χ1v) is 6.61. The maximum absolute atomic E-state index is 12.2. The number of benzene rings is 1. The van der Waals surface area contributed by atoms with E-state index in [1.807, 2.05) is 6.92 Å². The third-order valence-electron chi connectivity index (χ3n) is 3.30. The van der Waals surface area contributed by atoms with Crippen LogP contribution in [0, 0.1) is 0 Å². The molecule has 2 rings (SSSR count). The Morgan fingerprint density at radius 3 is 3.00 bits per heavy atom. The van der Waals surface area contributed by atoms with Crippen LogP contribution >= 0.6 is 0 Å². The molecule has 1 heterocycles. The van der Waals surface area contributed by atoms with E-state index in [0.717, 1.165) is 0 Å². The summed E-state index contributed by atoms with van der Waals surface area (Å²) < 4.78 is 10.8. The summed E-state index contributed by atoms with van der Waals surface area (Å²) in [6, 6.07) is 7.03. The van der Waals surface area contributed by atoms with E-state index in [0.29, 0.717) is 24.6 Å². The third kappa shape index (κ3) is 3.40. The number of carbonyl (C=O) groups is 1. The van der Waals surface area contributed by atoms with E-state index in [-0.39, 0.29) is 31.3 Å². The van der Waals surface area contributed by atoms with Crippen LogP contribution in [0.25, 0.3) is 0 Å².